The lowest BCUT2D eigenvalue weighted by molar-refractivity contribution is -0.148. The normalized spacial score (nSPS) is 34.4. The average Bonchev–Trinajstić information content (AvgIpc) is 2.91. The van der Waals surface area contributed by atoms with E-state index in [1.165, 1.54) is 0 Å². The van der Waals surface area contributed by atoms with Gasteiger partial charge in [-0.05, 0) is 63.8 Å². The predicted octanol–water partition coefficient (Wildman–Crippen LogP) is 2.60. The molecular weight excluding hydrogens is 368 g/mol. The largest absolute Gasteiger partial charge is 0.480 e. The van der Waals surface area contributed by atoms with E-state index in [-0.39, 0.29) is 30.5 Å². The smallest absolute Gasteiger partial charge is 0.323 e. The van der Waals surface area contributed by atoms with Crippen molar-refractivity contribution in [1.82, 2.24) is 10.2 Å². The van der Waals surface area contributed by atoms with Crippen molar-refractivity contribution < 1.29 is 19.8 Å². The van der Waals surface area contributed by atoms with Crippen LogP contribution in [0.1, 0.15) is 50.6 Å². The average molecular weight is 395 g/mol. The summed E-state index contributed by atoms with van der Waals surface area (Å²) in [5.41, 5.74) is -0.235. The van der Waals surface area contributed by atoms with Crippen LogP contribution in [0.4, 0.5) is 0 Å². The zero-order valence-electron chi connectivity index (χ0n) is 15.7. The molecule has 7 heteroatoms. The molecule has 1 amide bonds. The highest BCUT2D eigenvalue weighted by atomic mass is 35.5. The number of likely N-dealkylation sites (tertiary alicyclic amines) is 1. The summed E-state index contributed by atoms with van der Waals surface area (Å²) < 4.78 is 0. The summed E-state index contributed by atoms with van der Waals surface area (Å²) >= 11 is 5.99. The molecule has 3 atom stereocenters. The fourth-order valence-corrected chi connectivity index (χ4v) is 4.51. The van der Waals surface area contributed by atoms with Gasteiger partial charge in [-0.2, -0.15) is 0 Å². The maximum Gasteiger partial charge on any atom is 0.323 e. The van der Waals surface area contributed by atoms with Crippen LogP contribution >= 0.6 is 11.6 Å². The molecular formula is C20H27ClN2O4. The lowest BCUT2D eigenvalue weighted by Gasteiger charge is -2.32. The Morgan fingerprint density at radius 2 is 1.78 bits per heavy atom. The molecule has 1 aliphatic carbocycles. The molecule has 0 aromatic heterocycles. The van der Waals surface area contributed by atoms with Gasteiger partial charge in [0, 0.05) is 17.1 Å². The van der Waals surface area contributed by atoms with Crippen molar-refractivity contribution in [2.75, 3.05) is 7.05 Å². The molecule has 0 radical (unpaired) electrons. The van der Waals surface area contributed by atoms with Crippen LogP contribution in [0.2, 0.25) is 5.02 Å². The van der Waals surface area contributed by atoms with Gasteiger partial charge in [0.05, 0.1) is 12.0 Å². The minimum absolute atomic E-state index is 0.0359. The Balaban J connectivity index is 1.84. The Morgan fingerprint density at radius 1 is 1.19 bits per heavy atom. The van der Waals surface area contributed by atoms with Crippen molar-refractivity contribution in [3.63, 3.8) is 0 Å². The Morgan fingerprint density at radius 3 is 2.33 bits per heavy atom. The lowest BCUT2D eigenvalue weighted by atomic mass is 9.88. The minimum Gasteiger partial charge on any atom is -0.480 e. The Hall–Kier alpha value is -1.63. The Bertz CT molecular complexity index is 702. The number of carbonyl (C=O) groups is 2. The van der Waals surface area contributed by atoms with Gasteiger partial charge in [-0.1, -0.05) is 23.7 Å². The summed E-state index contributed by atoms with van der Waals surface area (Å²) in [4.78, 5) is 26.8. The van der Waals surface area contributed by atoms with Gasteiger partial charge < -0.3 is 15.5 Å². The minimum atomic E-state index is -1.12. The van der Waals surface area contributed by atoms with Crippen LogP contribution in [0, 0.1) is 5.92 Å². The third kappa shape index (κ3) is 3.98. The van der Waals surface area contributed by atoms with Crippen molar-refractivity contribution in [1.29, 1.82) is 0 Å². The van der Waals surface area contributed by atoms with Gasteiger partial charge in [0.15, 0.2) is 0 Å². The highest BCUT2D eigenvalue weighted by molar-refractivity contribution is 6.30. The van der Waals surface area contributed by atoms with Crippen LogP contribution in [0.5, 0.6) is 0 Å². The number of nitrogens with zero attached hydrogens (tertiary/aromatic N) is 1. The molecule has 2 fully saturated rings. The van der Waals surface area contributed by atoms with E-state index >= 15 is 0 Å². The summed E-state index contributed by atoms with van der Waals surface area (Å²) in [6, 6.07) is 6.94. The quantitative estimate of drug-likeness (QED) is 0.730. The van der Waals surface area contributed by atoms with Crippen molar-refractivity contribution in [3.8, 4) is 0 Å². The van der Waals surface area contributed by atoms with Gasteiger partial charge in [-0.25, -0.2) is 0 Å². The molecule has 3 N–H and O–H groups in total. The number of carboxylic acid groups (broad SMARTS) is 1. The van der Waals surface area contributed by atoms with Gasteiger partial charge in [0.1, 0.15) is 5.54 Å². The van der Waals surface area contributed by atoms with Crippen molar-refractivity contribution in [2.24, 2.45) is 5.92 Å². The van der Waals surface area contributed by atoms with Crippen LogP contribution in [-0.4, -0.2) is 51.7 Å². The molecule has 148 valence electrons. The van der Waals surface area contributed by atoms with E-state index in [4.69, 9.17) is 11.6 Å². The summed E-state index contributed by atoms with van der Waals surface area (Å²) in [5, 5.41) is 23.1. The predicted molar refractivity (Wildman–Crippen MR) is 103 cm³/mol. The van der Waals surface area contributed by atoms with Gasteiger partial charge >= 0.3 is 5.97 Å². The number of aliphatic hydroxyl groups is 1. The highest BCUT2D eigenvalue weighted by Gasteiger charge is 2.54. The molecule has 6 nitrogen and oxygen atoms in total. The van der Waals surface area contributed by atoms with Crippen LogP contribution in [0.3, 0.4) is 0 Å². The summed E-state index contributed by atoms with van der Waals surface area (Å²) in [7, 11) is 1.76. The maximum atomic E-state index is 13.1. The Labute approximate surface area is 164 Å². The first-order valence-electron chi connectivity index (χ1n) is 9.42. The van der Waals surface area contributed by atoms with E-state index in [0.717, 1.165) is 18.4 Å². The van der Waals surface area contributed by atoms with Gasteiger partial charge in [0.2, 0.25) is 5.91 Å². The molecule has 0 bridgehead atoms. The second-order valence-corrected chi connectivity index (χ2v) is 8.45. The molecule has 27 heavy (non-hydrogen) atoms. The molecule has 1 aromatic carbocycles. The van der Waals surface area contributed by atoms with E-state index in [1.54, 1.807) is 31.0 Å². The van der Waals surface area contributed by atoms with Crippen LogP contribution < -0.4 is 5.32 Å². The maximum absolute atomic E-state index is 13.1. The first-order valence-corrected chi connectivity index (χ1v) is 9.80. The summed E-state index contributed by atoms with van der Waals surface area (Å²) in [6.07, 6.45) is 2.82. The number of hydrogen-bond donors (Lipinski definition) is 3. The van der Waals surface area contributed by atoms with Gasteiger partial charge in [0.25, 0.3) is 0 Å². The molecule has 0 unspecified atom stereocenters. The zero-order chi connectivity index (χ0) is 19.8. The first-order chi connectivity index (χ1) is 12.7. The molecule has 2 aliphatic rings. The molecule has 3 rings (SSSR count). The lowest BCUT2D eigenvalue weighted by Crippen LogP contribution is -2.46. The van der Waals surface area contributed by atoms with E-state index in [0.29, 0.717) is 17.9 Å². The van der Waals surface area contributed by atoms with Crippen LogP contribution in [0.25, 0.3) is 0 Å². The van der Waals surface area contributed by atoms with Crippen molar-refractivity contribution in [2.45, 2.75) is 62.8 Å². The van der Waals surface area contributed by atoms with Crippen molar-refractivity contribution in [3.05, 3.63) is 34.9 Å². The third-order valence-electron chi connectivity index (χ3n) is 6.25. The summed E-state index contributed by atoms with van der Waals surface area (Å²) in [5.74, 6) is -1.52. The number of likely N-dealkylation sites (N-methyl/N-ethyl adjacent to an activating group) is 1. The fraction of sp³-hybridized carbons (Fsp3) is 0.600. The van der Waals surface area contributed by atoms with E-state index < -0.39 is 17.4 Å². The number of aliphatic hydroxyl groups excluding tert-OH is 1. The number of carboxylic acids is 1. The topological polar surface area (TPSA) is 89.9 Å². The van der Waals surface area contributed by atoms with Gasteiger partial charge in [-0.15, -0.1) is 0 Å². The first kappa shape index (κ1) is 20.1. The van der Waals surface area contributed by atoms with E-state index in [2.05, 4.69) is 5.32 Å². The number of amides is 1. The SMILES string of the molecule is CN1[C@@H](c2ccc(Cl)cc2)[C@@H](C(=O)NC2CCC(O)CC2)C[C@@]1(C)C(=O)O. The Kier molecular flexibility index (Phi) is 5.79. The summed E-state index contributed by atoms with van der Waals surface area (Å²) in [6.45, 7) is 1.67. The third-order valence-corrected chi connectivity index (χ3v) is 6.50. The number of rotatable bonds is 4. The van der Waals surface area contributed by atoms with Crippen molar-refractivity contribution >= 4 is 23.5 Å². The van der Waals surface area contributed by atoms with E-state index in [1.807, 2.05) is 12.1 Å². The number of aliphatic carboxylic acids is 1. The molecule has 1 aromatic rings. The highest BCUT2D eigenvalue weighted by Crippen LogP contribution is 2.46. The molecule has 1 aliphatic heterocycles. The second-order valence-electron chi connectivity index (χ2n) is 8.01. The number of benzene rings is 1. The number of halogens is 1. The monoisotopic (exact) mass is 394 g/mol. The molecule has 1 saturated heterocycles. The number of nitrogens with one attached hydrogen (secondary N) is 1. The molecule has 1 heterocycles. The van der Waals surface area contributed by atoms with E-state index in [9.17, 15) is 19.8 Å². The molecule has 0 spiro atoms. The van der Waals surface area contributed by atoms with Crippen LogP contribution in [-0.2, 0) is 9.59 Å². The molecule has 1 saturated carbocycles. The fourth-order valence-electron chi connectivity index (χ4n) is 4.38. The van der Waals surface area contributed by atoms with Gasteiger partial charge in [-0.3, -0.25) is 14.5 Å². The zero-order valence-corrected chi connectivity index (χ0v) is 16.4. The van der Waals surface area contributed by atoms with Crippen LogP contribution in [0.15, 0.2) is 24.3 Å². The second kappa shape index (κ2) is 7.78. The standard InChI is InChI=1S/C20H27ClN2O4/c1-20(19(26)27)11-16(18(25)22-14-7-9-15(24)10-8-14)17(23(20)2)12-3-5-13(21)6-4-12/h3-6,14-17,24H,7-11H2,1-2H3,(H,22,25)(H,26,27)/t14?,15?,16-,17-,20-/m0/s1. The number of carbonyl (C=O) groups excluding carboxylic acids is 1. The number of hydrogen-bond acceptors (Lipinski definition) is 4.